The first-order valence-corrected chi connectivity index (χ1v) is 4.98. The highest BCUT2D eigenvalue weighted by atomic mass is 35.5. The Morgan fingerprint density at radius 2 is 2.06 bits per heavy atom. The molecule has 1 aromatic rings. The summed E-state index contributed by atoms with van der Waals surface area (Å²) in [5.74, 6) is 0.398. The van der Waals surface area contributed by atoms with Crippen molar-refractivity contribution in [1.82, 2.24) is 9.97 Å². The standard InChI is InChI=1S/C9H10ClF3N2O/c1-6-2-7(3-10)15-8(14-6)4-16-5-9(11,12)13/h2H,3-5H2,1H3. The van der Waals surface area contributed by atoms with Crippen LogP contribution >= 0.6 is 11.6 Å². The van der Waals surface area contributed by atoms with Gasteiger partial charge in [-0.25, -0.2) is 9.97 Å². The molecular formula is C9H10ClF3N2O. The first-order chi connectivity index (χ1) is 7.40. The number of rotatable bonds is 4. The summed E-state index contributed by atoms with van der Waals surface area (Å²) in [7, 11) is 0. The fourth-order valence-corrected chi connectivity index (χ4v) is 1.23. The average molecular weight is 255 g/mol. The second kappa shape index (κ2) is 5.45. The lowest BCUT2D eigenvalue weighted by Crippen LogP contribution is -2.17. The number of hydrogen-bond acceptors (Lipinski definition) is 3. The molecule has 1 rings (SSSR count). The first kappa shape index (κ1) is 13.2. The minimum Gasteiger partial charge on any atom is -0.364 e. The molecule has 0 N–H and O–H groups in total. The Bertz CT molecular complexity index is 357. The van der Waals surface area contributed by atoms with Crippen LogP contribution in [0.15, 0.2) is 6.07 Å². The summed E-state index contributed by atoms with van der Waals surface area (Å²) < 4.78 is 39.8. The Morgan fingerprint density at radius 1 is 1.38 bits per heavy atom. The fraction of sp³-hybridized carbons (Fsp3) is 0.556. The van der Waals surface area contributed by atoms with Gasteiger partial charge in [0, 0.05) is 5.69 Å². The highest BCUT2D eigenvalue weighted by Crippen LogP contribution is 2.15. The van der Waals surface area contributed by atoms with Gasteiger partial charge in [-0.2, -0.15) is 13.2 Å². The molecule has 0 radical (unpaired) electrons. The van der Waals surface area contributed by atoms with Crippen molar-refractivity contribution in [3.8, 4) is 0 Å². The third-order valence-electron chi connectivity index (χ3n) is 1.59. The topological polar surface area (TPSA) is 35.0 Å². The molecule has 7 heteroatoms. The first-order valence-electron chi connectivity index (χ1n) is 4.44. The van der Waals surface area contributed by atoms with Gasteiger partial charge in [0.2, 0.25) is 0 Å². The van der Waals surface area contributed by atoms with Gasteiger partial charge in [0.25, 0.3) is 0 Å². The Kier molecular flexibility index (Phi) is 4.49. The van der Waals surface area contributed by atoms with E-state index in [1.165, 1.54) is 0 Å². The zero-order valence-electron chi connectivity index (χ0n) is 8.51. The van der Waals surface area contributed by atoms with E-state index in [-0.39, 0.29) is 18.3 Å². The van der Waals surface area contributed by atoms with Crippen LogP contribution in [0.1, 0.15) is 17.2 Å². The third-order valence-corrected chi connectivity index (χ3v) is 1.86. The molecule has 3 nitrogen and oxygen atoms in total. The molecule has 1 aromatic heterocycles. The normalized spacial score (nSPS) is 11.8. The minimum absolute atomic E-state index is 0.190. The van der Waals surface area contributed by atoms with Crippen LogP contribution in [0.5, 0.6) is 0 Å². The van der Waals surface area contributed by atoms with Gasteiger partial charge in [-0.1, -0.05) is 0 Å². The van der Waals surface area contributed by atoms with Crippen molar-refractivity contribution in [2.45, 2.75) is 25.6 Å². The summed E-state index contributed by atoms with van der Waals surface area (Å²) in [5.41, 5.74) is 1.22. The molecule has 0 saturated heterocycles. The van der Waals surface area contributed by atoms with Crippen LogP contribution in [0.2, 0.25) is 0 Å². The number of ether oxygens (including phenoxy) is 1. The van der Waals surface area contributed by atoms with E-state index in [0.29, 0.717) is 11.4 Å². The van der Waals surface area contributed by atoms with Crippen LogP contribution in [-0.4, -0.2) is 22.8 Å². The number of alkyl halides is 4. The molecule has 0 aliphatic carbocycles. The second-order valence-corrected chi connectivity index (χ2v) is 3.43. The zero-order valence-corrected chi connectivity index (χ0v) is 9.27. The number of aromatic nitrogens is 2. The van der Waals surface area contributed by atoms with Gasteiger partial charge in [-0.05, 0) is 13.0 Å². The molecule has 0 amide bonds. The molecule has 1 heterocycles. The van der Waals surface area contributed by atoms with Crippen LogP contribution in [0.25, 0.3) is 0 Å². The molecule has 0 atom stereocenters. The summed E-state index contributed by atoms with van der Waals surface area (Å²) in [6.45, 7) is 0.135. The summed E-state index contributed by atoms with van der Waals surface area (Å²) in [5, 5.41) is 0. The second-order valence-electron chi connectivity index (χ2n) is 3.16. The smallest absolute Gasteiger partial charge is 0.364 e. The highest BCUT2D eigenvalue weighted by molar-refractivity contribution is 6.16. The summed E-state index contributed by atoms with van der Waals surface area (Å²) in [4.78, 5) is 7.88. The number of aryl methyl sites for hydroxylation is 1. The quantitative estimate of drug-likeness (QED) is 0.775. The van der Waals surface area contributed by atoms with Crippen molar-refractivity contribution in [1.29, 1.82) is 0 Å². The van der Waals surface area contributed by atoms with Crippen LogP contribution in [-0.2, 0) is 17.2 Å². The average Bonchev–Trinajstić information content (AvgIpc) is 2.14. The van der Waals surface area contributed by atoms with Gasteiger partial charge < -0.3 is 4.74 Å². The van der Waals surface area contributed by atoms with E-state index in [1.54, 1.807) is 13.0 Å². The van der Waals surface area contributed by atoms with Crippen molar-refractivity contribution < 1.29 is 17.9 Å². The van der Waals surface area contributed by atoms with Gasteiger partial charge in [0.05, 0.1) is 11.6 Å². The summed E-state index contributed by atoms with van der Waals surface area (Å²) in [6, 6.07) is 1.67. The maximum atomic E-state index is 11.8. The Hall–Kier alpha value is -0.880. The van der Waals surface area contributed by atoms with Crippen molar-refractivity contribution in [2.75, 3.05) is 6.61 Å². The van der Waals surface area contributed by atoms with Gasteiger partial charge >= 0.3 is 6.18 Å². The molecule has 0 spiro atoms. The van der Waals surface area contributed by atoms with Crippen molar-refractivity contribution in [3.63, 3.8) is 0 Å². The third kappa shape index (κ3) is 4.76. The molecule has 0 fully saturated rings. The highest BCUT2D eigenvalue weighted by Gasteiger charge is 2.27. The fourth-order valence-electron chi connectivity index (χ4n) is 1.09. The number of halogens is 4. The SMILES string of the molecule is Cc1cc(CCl)nc(COCC(F)(F)F)n1. The molecule has 0 unspecified atom stereocenters. The van der Waals surface area contributed by atoms with Crippen molar-refractivity contribution in [3.05, 3.63) is 23.3 Å². The van der Waals surface area contributed by atoms with E-state index in [2.05, 4.69) is 14.7 Å². The Balaban J connectivity index is 2.57. The van der Waals surface area contributed by atoms with Gasteiger partial charge in [-0.3, -0.25) is 0 Å². The molecule has 0 aliphatic rings. The Morgan fingerprint density at radius 3 is 2.62 bits per heavy atom. The molecule has 0 aliphatic heterocycles. The molecular weight excluding hydrogens is 245 g/mol. The lowest BCUT2D eigenvalue weighted by atomic mass is 10.3. The minimum atomic E-state index is -4.33. The molecule has 0 saturated carbocycles. The maximum absolute atomic E-state index is 11.8. The summed E-state index contributed by atoms with van der Waals surface area (Å²) in [6.07, 6.45) is -4.33. The molecule has 0 aromatic carbocycles. The predicted octanol–water partition coefficient (Wildman–Crippen LogP) is 2.60. The van der Waals surface area contributed by atoms with Gasteiger partial charge in [0.1, 0.15) is 13.2 Å². The Labute approximate surface area is 95.6 Å². The van der Waals surface area contributed by atoms with Crippen LogP contribution < -0.4 is 0 Å². The maximum Gasteiger partial charge on any atom is 0.411 e. The van der Waals surface area contributed by atoms with Crippen LogP contribution in [0, 0.1) is 6.92 Å². The predicted molar refractivity (Wildman–Crippen MR) is 52.0 cm³/mol. The van der Waals surface area contributed by atoms with Crippen molar-refractivity contribution >= 4 is 11.6 Å². The monoisotopic (exact) mass is 254 g/mol. The van der Waals surface area contributed by atoms with E-state index in [1.807, 2.05) is 0 Å². The lowest BCUT2D eigenvalue weighted by molar-refractivity contribution is -0.177. The van der Waals surface area contributed by atoms with E-state index < -0.39 is 12.8 Å². The van der Waals surface area contributed by atoms with E-state index in [4.69, 9.17) is 11.6 Å². The number of hydrogen-bond donors (Lipinski definition) is 0. The summed E-state index contributed by atoms with van der Waals surface area (Å²) >= 11 is 5.57. The lowest BCUT2D eigenvalue weighted by Gasteiger charge is -2.07. The largest absolute Gasteiger partial charge is 0.411 e. The van der Waals surface area contributed by atoms with Gasteiger partial charge in [0.15, 0.2) is 5.82 Å². The van der Waals surface area contributed by atoms with Crippen LogP contribution in [0.4, 0.5) is 13.2 Å². The molecule has 0 bridgehead atoms. The van der Waals surface area contributed by atoms with Crippen LogP contribution in [0.3, 0.4) is 0 Å². The van der Waals surface area contributed by atoms with E-state index in [0.717, 1.165) is 0 Å². The molecule has 90 valence electrons. The van der Waals surface area contributed by atoms with Gasteiger partial charge in [-0.15, -0.1) is 11.6 Å². The van der Waals surface area contributed by atoms with E-state index in [9.17, 15) is 13.2 Å². The van der Waals surface area contributed by atoms with E-state index >= 15 is 0 Å². The van der Waals surface area contributed by atoms with Crippen molar-refractivity contribution in [2.24, 2.45) is 0 Å². The zero-order chi connectivity index (χ0) is 12.2. The molecule has 16 heavy (non-hydrogen) atoms. The number of nitrogens with zero attached hydrogens (tertiary/aromatic N) is 2.